The van der Waals surface area contributed by atoms with E-state index < -0.39 is 0 Å². The van der Waals surface area contributed by atoms with Crippen molar-refractivity contribution in [1.82, 2.24) is 30.2 Å². The molecule has 0 radical (unpaired) electrons. The first-order valence-electron chi connectivity index (χ1n) is 6.12. The lowest BCUT2D eigenvalue weighted by atomic mass is 10.1. The van der Waals surface area contributed by atoms with Crippen LogP contribution in [0.15, 0.2) is 16.9 Å². The predicted octanol–water partition coefficient (Wildman–Crippen LogP) is 0.790. The Morgan fingerprint density at radius 1 is 1.55 bits per heavy atom. The van der Waals surface area contributed by atoms with E-state index in [9.17, 15) is 4.79 Å². The number of carbonyl (C=O) groups excluding carboxylic acids is 1. The molecule has 2 aromatic heterocycles. The molecule has 2 aromatic rings. The van der Waals surface area contributed by atoms with Crippen molar-refractivity contribution in [3.8, 4) is 0 Å². The van der Waals surface area contributed by atoms with Gasteiger partial charge in [0.15, 0.2) is 0 Å². The van der Waals surface area contributed by atoms with Crippen molar-refractivity contribution in [3.63, 3.8) is 0 Å². The highest BCUT2D eigenvalue weighted by Gasteiger charge is 2.19. The van der Waals surface area contributed by atoms with Gasteiger partial charge in [0.1, 0.15) is 0 Å². The van der Waals surface area contributed by atoms with Crippen molar-refractivity contribution < 1.29 is 4.79 Å². The maximum absolute atomic E-state index is 12.1. The molecule has 0 aliphatic carbocycles. The smallest absolute Gasteiger partial charge is 0.291 e. The molecule has 1 atom stereocenters. The van der Waals surface area contributed by atoms with Crippen molar-refractivity contribution in [2.75, 3.05) is 13.1 Å². The van der Waals surface area contributed by atoms with Gasteiger partial charge in [0, 0.05) is 25.0 Å². The number of nitrogens with one attached hydrogen (secondary N) is 2. The molecule has 1 aliphatic heterocycles. The third-order valence-corrected chi connectivity index (χ3v) is 3.41. The van der Waals surface area contributed by atoms with Crippen LogP contribution < -0.4 is 10.6 Å². The van der Waals surface area contributed by atoms with E-state index in [0.717, 1.165) is 30.4 Å². The molecule has 0 saturated carbocycles. The molecule has 1 fully saturated rings. The van der Waals surface area contributed by atoms with Gasteiger partial charge in [-0.05, 0) is 35.3 Å². The Kier molecular flexibility index (Phi) is 4.90. The molecule has 20 heavy (non-hydrogen) atoms. The first-order valence-corrected chi connectivity index (χ1v) is 6.91. The Labute approximate surface area is 130 Å². The van der Waals surface area contributed by atoms with Crippen molar-refractivity contribution in [1.29, 1.82) is 0 Å². The molecular weight excluding hydrogens is 348 g/mol. The molecule has 0 aromatic carbocycles. The van der Waals surface area contributed by atoms with Crippen LogP contribution in [0.2, 0.25) is 0 Å². The first-order chi connectivity index (χ1) is 9.22. The van der Waals surface area contributed by atoms with Crippen molar-refractivity contribution in [2.24, 2.45) is 0 Å². The number of amides is 1. The number of piperidine rings is 1. The van der Waals surface area contributed by atoms with E-state index in [0.29, 0.717) is 5.78 Å². The minimum Gasteiger partial charge on any atom is -0.345 e. The second-order valence-corrected chi connectivity index (χ2v) is 5.38. The van der Waals surface area contributed by atoms with Crippen LogP contribution in [0.3, 0.4) is 0 Å². The van der Waals surface area contributed by atoms with Crippen molar-refractivity contribution >= 4 is 40.0 Å². The van der Waals surface area contributed by atoms with Crippen LogP contribution in [0.25, 0.3) is 5.78 Å². The average Bonchev–Trinajstić information content (AvgIpc) is 2.83. The van der Waals surface area contributed by atoms with Gasteiger partial charge in [0.05, 0.1) is 4.47 Å². The first kappa shape index (κ1) is 15.1. The van der Waals surface area contributed by atoms with E-state index in [1.165, 1.54) is 4.52 Å². The molecule has 0 unspecified atom stereocenters. The Bertz CT molecular complexity index is 612. The molecule has 7 nitrogen and oxygen atoms in total. The van der Waals surface area contributed by atoms with Crippen molar-refractivity contribution in [3.05, 3.63) is 22.7 Å². The van der Waals surface area contributed by atoms with Crippen molar-refractivity contribution in [2.45, 2.75) is 18.9 Å². The predicted molar refractivity (Wildman–Crippen MR) is 79.1 cm³/mol. The van der Waals surface area contributed by atoms with Gasteiger partial charge in [0.25, 0.3) is 11.7 Å². The molecule has 3 heterocycles. The third-order valence-electron chi connectivity index (χ3n) is 3.00. The second kappa shape index (κ2) is 6.47. The molecule has 0 bridgehead atoms. The molecule has 0 spiro atoms. The monoisotopic (exact) mass is 360 g/mol. The summed E-state index contributed by atoms with van der Waals surface area (Å²) in [4.78, 5) is 20.2. The molecule has 108 valence electrons. The number of nitrogens with zero attached hydrogens (tertiary/aromatic N) is 4. The molecule has 2 N–H and O–H groups in total. The van der Waals surface area contributed by atoms with E-state index in [1.54, 1.807) is 12.4 Å². The normalized spacial score (nSPS) is 18.6. The maximum Gasteiger partial charge on any atom is 0.291 e. The van der Waals surface area contributed by atoms with E-state index in [1.807, 2.05) is 0 Å². The van der Waals surface area contributed by atoms with Crippen LogP contribution in [-0.4, -0.2) is 44.6 Å². The number of hydrogen-bond donors (Lipinski definition) is 2. The molecule has 1 aliphatic rings. The van der Waals surface area contributed by atoms with Crippen LogP contribution in [-0.2, 0) is 0 Å². The minimum absolute atomic E-state index is 0. The summed E-state index contributed by atoms with van der Waals surface area (Å²) in [6.45, 7) is 1.81. The van der Waals surface area contributed by atoms with Gasteiger partial charge in [0.2, 0.25) is 5.82 Å². The molecule has 3 rings (SSSR count). The Hall–Kier alpha value is -1.25. The van der Waals surface area contributed by atoms with Gasteiger partial charge >= 0.3 is 0 Å². The lowest BCUT2D eigenvalue weighted by molar-refractivity contribution is 0.0920. The van der Waals surface area contributed by atoms with Crippen LogP contribution in [0.4, 0.5) is 0 Å². The molecule has 1 saturated heterocycles. The number of fused-ring (bicyclic) bond motifs is 1. The van der Waals surface area contributed by atoms with Crippen LogP contribution >= 0.6 is 28.3 Å². The fourth-order valence-electron chi connectivity index (χ4n) is 2.08. The third kappa shape index (κ3) is 3.25. The zero-order valence-corrected chi connectivity index (χ0v) is 12.9. The number of hydrogen-bond acceptors (Lipinski definition) is 5. The average molecular weight is 362 g/mol. The number of carbonyl (C=O) groups is 1. The Morgan fingerprint density at radius 2 is 2.40 bits per heavy atom. The summed E-state index contributed by atoms with van der Waals surface area (Å²) in [5.74, 6) is 0.307. The van der Waals surface area contributed by atoms with Gasteiger partial charge in [-0.15, -0.1) is 17.5 Å². The number of aromatic nitrogens is 4. The largest absolute Gasteiger partial charge is 0.345 e. The molecule has 9 heteroatoms. The maximum atomic E-state index is 12.1. The summed E-state index contributed by atoms with van der Waals surface area (Å²) in [5, 5.41) is 10.3. The van der Waals surface area contributed by atoms with Crippen LogP contribution in [0, 0.1) is 0 Å². The Morgan fingerprint density at radius 3 is 3.15 bits per heavy atom. The van der Waals surface area contributed by atoms with Gasteiger partial charge in [-0.3, -0.25) is 4.79 Å². The zero-order chi connectivity index (χ0) is 13.2. The van der Waals surface area contributed by atoms with E-state index in [4.69, 9.17) is 0 Å². The summed E-state index contributed by atoms with van der Waals surface area (Å²) in [7, 11) is 0. The van der Waals surface area contributed by atoms with E-state index in [-0.39, 0.29) is 30.2 Å². The lowest BCUT2D eigenvalue weighted by Crippen LogP contribution is -2.45. The zero-order valence-electron chi connectivity index (χ0n) is 10.5. The van der Waals surface area contributed by atoms with Gasteiger partial charge in [-0.25, -0.2) is 9.50 Å². The van der Waals surface area contributed by atoms with Gasteiger partial charge in [-0.2, -0.15) is 4.98 Å². The minimum atomic E-state index is -0.254. The van der Waals surface area contributed by atoms with E-state index >= 15 is 0 Å². The summed E-state index contributed by atoms with van der Waals surface area (Å²) < 4.78 is 2.27. The van der Waals surface area contributed by atoms with Gasteiger partial charge < -0.3 is 10.6 Å². The molecular formula is C11H14BrClN6O. The SMILES string of the molecule is Cl.O=C(N[C@H]1CCCNC1)c1nc2ncc(Br)cn2n1. The summed E-state index contributed by atoms with van der Waals surface area (Å²) in [6.07, 6.45) is 5.39. The highest BCUT2D eigenvalue weighted by atomic mass is 79.9. The quantitative estimate of drug-likeness (QED) is 0.826. The summed E-state index contributed by atoms with van der Waals surface area (Å²) in [6, 6.07) is 0.146. The van der Waals surface area contributed by atoms with Crippen LogP contribution in [0.5, 0.6) is 0 Å². The van der Waals surface area contributed by atoms with E-state index in [2.05, 4.69) is 41.6 Å². The lowest BCUT2D eigenvalue weighted by Gasteiger charge is -2.23. The Balaban J connectivity index is 0.00000147. The topological polar surface area (TPSA) is 84.2 Å². The number of rotatable bonds is 2. The highest BCUT2D eigenvalue weighted by molar-refractivity contribution is 9.10. The summed E-state index contributed by atoms with van der Waals surface area (Å²) >= 11 is 3.30. The molecule has 1 amide bonds. The number of halogens is 2. The van der Waals surface area contributed by atoms with Crippen LogP contribution in [0.1, 0.15) is 23.5 Å². The fourth-order valence-corrected chi connectivity index (χ4v) is 2.38. The van der Waals surface area contributed by atoms with Gasteiger partial charge in [-0.1, -0.05) is 0 Å². The summed E-state index contributed by atoms with van der Waals surface area (Å²) in [5.41, 5.74) is 0. The second-order valence-electron chi connectivity index (χ2n) is 4.47. The highest BCUT2D eigenvalue weighted by Crippen LogP contribution is 2.08. The standard InChI is InChI=1S/C11H13BrN6O.ClH/c12-7-4-14-11-16-9(17-18(11)6-7)10(19)15-8-2-1-3-13-5-8;/h4,6,8,13H,1-3,5H2,(H,15,19);1H/t8-;/m0./s1. The fraction of sp³-hybridized carbons (Fsp3) is 0.455.